The zero-order valence-electron chi connectivity index (χ0n) is 13.1. The van der Waals surface area contributed by atoms with Gasteiger partial charge in [-0.25, -0.2) is 0 Å². The van der Waals surface area contributed by atoms with E-state index in [9.17, 15) is 0 Å². The average Bonchev–Trinajstić information content (AvgIpc) is 2.60. The van der Waals surface area contributed by atoms with Crippen molar-refractivity contribution in [2.24, 2.45) is 11.8 Å². The van der Waals surface area contributed by atoms with E-state index in [1.165, 1.54) is 5.56 Å². The fraction of sp³-hybridized carbons (Fsp3) is 0.647. The van der Waals surface area contributed by atoms with Gasteiger partial charge >= 0.3 is 0 Å². The molecule has 0 bridgehead atoms. The van der Waals surface area contributed by atoms with Crippen molar-refractivity contribution in [3.05, 3.63) is 23.8 Å². The predicted molar refractivity (Wildman–Crippen MR) is 82.5 cm³/mol. The molecule has 112 valence electrons. The molecule has 3 heteroatoms. The van der Waals surface area contributed by atoms with Crippen molar-refractivity contribution in [2.45, 2.75) is 40.2 Å². The van der Waals surface area contributed by atoms with Crippen LogP contribution in [0.15, 0.2) is 18.2 Å². The molecule has 0 saturated carbocycles. The highest BCUT2D eigenvalue weighted by Crippen LogP contribution is 2.34. The Hall–Kier alpha value is -1.22. The van der Waals surface area contributed by atoms with Gasteiger partial charge < -0.3 is 14.8 Å². The molecule has 0 saturated heterocycles. The molecule has 2 unspecified atom stereocenters. The molecule has 1 N–H and O–H groups in total. The second-order valence-corrected chi connectivity index (χ2v) is 6.17. The Morgan fingerprint density at radius 2 is 1.90 bits per heavy atom. The summed E-state index contributed by atoms with van der Waals surface area (Å²) in [6.07, 6.45) is 1.13. The van der Waals surface area contributed by atoms with Gasteiger partial charge in [0.25, 0.3) is 0 Å². The Morgan fingerprint density at radius 3 is 2.55 bits per heavy atom. The van der Waals surface area contributed by atoms with E-state index in [0.717, 1.165) is 37.7 Å². The van der Waals surface area contributed by atoms with Crippen LogP contribution in [0, 0.1) is 11.8 Å². The molecule has 2 rings (SSSR count). The number of hydrogen-bond donors (Lipinski definition) is 1. The molecule has 2 atom stereocenters. The van der Waals surface area contributed by atoms with Crippen molar-refractivity contribution in [1.82, 2.24) is 5.32 Å². The van der Waals surface area contributed by atoms with E-state index >= 15 is 0 Å². The van der Waals surface area contributed by atoms with E-state index in [1.807, 2.05) is 6.07 Å². The number of fused-ring (bicyclic) bond motifs is 1. The molecule has 1 aromatic rings. The van der Waals surface area contributed by atoms with Crippen LogP contribution in [0.3, 0.4) is 0 Å². The van der Waals surface area contributed by atoms with E-state index in [1.54, 1.807) is 0 Å². The van der Waals surface area contributed by atoms with Crippen LogP contribution in [0.2, 0.25) is 0 Å². The molecule has 20 heavy (non-hydrogen) atoms. The lowest BCUT2D eigenvalue weighted by atomic mass is 9.96. The smallest absolute Gasteiger partial charge is 0.161 e. The van der Waals surface area contributed by atoms with Crippen molar-refractivity contribution in [2.75, 3.05) is 19.8 Å². The number of rotatable bonds is 5. The highest BCUT2D eigenvalue weighted by Gasteiger charge is 2.18. The maximum absolute atomic E-state index is 5.88. The van der Waals surface area contributed by atoms with Gasteiger partial charge in [0, 0.05) is 12.0 Å². The first-order chi connectivity index (χ1) is 9.60. The van der Waals surface area contributed by atoms with E-state index in [2.05, 4.69) is 45.1 Å². The maximum atomic E-state index is 5.88. The molecule has 0 fully saturated rings. The summed E-state index contributed by atoms with van der Waals surface area (Å²) in [4.78, 5) is 0. The predicted octanol–water partition coefficient (Wildman–Crippen LogP) is 3.79. The second-order valence-electron chi connectivity index (χ2n) is 6.17. The molecule has 0 spiro atoms. The lowest BCUT2D eigenvalue weighted by Gasteiger charge is -2.21. The first kappa shape index (κ1) is 15.2. The summed E-state index contributed by atoms with van der Waals surface area (Å²) in [7, 11) is 0. The van der Waals surface area contributed by atoms with Crippen molar-refractivity contribution in [3.8, 4) is 11.5 Å². The van der Waals surface area contributed by atoms with Crippen LogP contribution in [0.1, 0.15) is 45.7 Å². The standard InChI is InChI=1S/C17H27NO2/c1-5-18-15(8-12(2)3)14-6-7-16-17(9-14)20-11-13(4)10-19-16/h6-7,9,12-13,15,18H,5,8,10-11H2,1-4H3. The van der Waals surface area contributed by atoms with Gasteiger partial charge in [0.05, 0.1) is 13.2 Å². The molecule has 0 radical (unpaired) electrons. The summed E-state index contributed by atoms with van der Waals surface area (Å²) in [5, 5.41) is 3.57. The van der Waals surface area contributed by atoms with Crippen LogP contribution in [-0.2, 0) is 0 Å². The number of ether oxygens (including phenoxy) is 2. The van der Waals surface area contributed by atoms with E-state index in [4.69, 9.17) is 9.47 Å². The summed E-state index contributed by atoms with van der Waals surface area (Å²) in [6, 6.07) is 6.74. The van der Waals surface area contributed by atoms with Gasteiger partial charge in [-0.05, 0) is 36.6 Å². The quantitative estimate of drug-likeness (QED) is 0.888. The van der Waals surface area contributed by atoms with Crippen LogP contribution >= 0.6 is 0 Å². The van der Waals surface area contributed by atoms with Gasteiger partial charge in [0.2, 0.25) is 0 Å². The Morgan fingerprint density at radius 1 is 1.20 bits per heavy atom. The van der Waals surface area contributed by atoms with Gasteiger partial charge in [-0.3, -0.25) is 0 Å². The zero-order chi connectivity index (χ0) is 14.5. The molecule has 3 nitrogen and oxygen atoms in total. The lowest BCUT2D eigenvalue weighted by Crippen LogP contribution is -2.22. The third kappa shape index (κ3) is 3.89. The summed E-state index contributed by atoms with van der Waals surface area (Å²) in [5.74, 6) is 2.86. The monoisotopic (exact) mass is 277 g/mol. The van der Waals surface area contributed by atoms with E-state index in [0.29, 0.717) is 17.9 Å². The normalized spacial score (nSPS) is 19.8. The minimum Gasteiger partial charge on any atom is -0.489 e. The molecule has 1 heterocycles. The average molecular weight is 277 g/mol. The molecular weight excluding hydrogens is 250 g/mol. The highest BCUT2D eigenvalue weighted by molar-refractivity contribution is 5.44. The summed E-state index contributed by atoms with van der Waals surface area (Å²) < 4.78 is 11.7. The van der Waals surface area contributed by atoms with Crippen LogP contribution in [0.4, 0.5) is 0 Å². The van der Waals surface area contributed by atoms with Crippen molar-refractivity contribution < 1.29 is 9.47 Å². The molecule has 0 amide bonds. The van der Waals surface area contributed by atoms with Gasteiger partial charge in [-0.15, -0.1) is 0 Å². The van der Waals surface area contributed by atoms with Crippen LogP contribution in [-0.4, -0.2) is 19.8 Å². The van der Waals surface area contributed by atoms with Crippen molar-refractivity contribution in [3.63, 3.8) is 0 Å². The molecule has 0 aromatic heterocycles. The van der Waals surface area contributed by atoms with Gasteiger partial charge in [0.1, 0.15) is 0 Å². The number of nitrogens with one attached hydrogen (secondary N) is 1. The first-order valence-electron chi connectivity index (χ1n) is 7.73. The zero-order valence-corrected chi connectivity index (χ0v) is 13.1. The Kier molecular flexibility index (Phi) is 5.30. The fourth-order valence-corrected chi connectivity index (χ4v) is 2.54. The lowest BCUT2D eigenvalue weighted by molar-refractivity contribution is 0.228. The first-order valence-corrected chi connectivity index (χ1v) is 7.73. The van der Waals surface area contributed by atoms with E-state index < -0.39 is 0 Å². The SMILES string of the molecule is CCNC(CC(C)C)c1ccc2c(c1)OCC(C)CO2. The minimum atomic E-state index is 0.384. The second kappa shape index (κ2) is 6.98. The van der Waals surface area contributed by atoms with E-state index in [-0.39, 0.29) is 0 Å². The topological polar surface area (TPSA) is 30.5 Å². The number of benzene rings is 1. The molecular formula is C17H27NO2. The summed E-state index contributed by atoms with van der Waals surface area (Å²) >= 11 is 0. The van der Waals surface area contributed by atoms with Crippen LogP contribution < -0.4 is 14.8 Å². The Labute approximate surface area is 122 Å². The molecule has 1 aliphatic rings. The summed E-state index contributed by atoms with van der Waals surface area (Å²) in [5.41, 5.74) is 1.29. The summed E-state index contributed by atoms with van der Waals surface area (Å²) in [6.45, 7) is 11.2. The fourth-order valence-electron chi connectivity index (χ4n) is 2.54. The van der Waals surface area contributed by atoms with Gasteiger partial charge in [0.15, 0.2) is 11.5 Å². The Balaban J connectivity index is 2.19. The molecule has 0 aliphatic carbocycles. The largest absolute Gasteiger partial charge is 0.489 e. The van der Waals surface area contributed by atoms with Crippen molar-refractivity contribution >= 4 is 0 Å². The Bertz CT molecular complexity index is 431. The van der Waals surface area contributed by atoms with Gasteiger partial charge in [-0.2, -0.15) is 0 Å². The van der Waals surface area contributed by atoms with Crippen LogP contribution in [0.5, 0.6) is 11.5 Å². The number of hydrogen-bond acceptors (Lipinski definition) is 3. The van der Waals surface area contributed by atoms with Crippen LogP contribution in [0.25, 0.3) is 0 Å². The molecule has 1 aromatic carbocycles. The minimum absolute atomic E-state index is 0.384. The maximum Gasteiger partial charge on any atom is 0.161 e. The van der Waals surface area contributed by atoms with Gasteiger partial charge in [-0.1, -0.05) is 33.8 Å². The molecule has 1 aliphatic heterocycles. The third-order valence-corrected chi connectivity index (χ3v) is 3.57. The highest BCUT2D eigenvalue weighted by atomic mass is 16.5. The van der Waals surface area contributed by atoms with Crippen molar-refractivity contribution in [1.29, 1.82) is 0 Å². The third-order valence-electron chi connectivity index (χ3n) is 3.57.